The van der Waals surface area contributed by atoms with Crippen molar-refractivity contribution in [1.82, 2.24) is 5.32 Å². The van der Waals surface area contributed by atoms with Crippen LogP contribution >= 0.6 is 11.3 Å². The van der Waals surface area contributed by atoms with E-state index < -0.39 is 0 Å². The standard InChI is InChI=1S/C16H19NO3S/c1-11(15-4-3-7-21-15)17-10-12-8-13(18-2)16-14(9-12)19-5-6-20-16/h3-4,7-9,11,17H,5-6,10H2,1-2H3/t11-/m1/s1. The maximum atomic E-state index is 5.65. The third-order valence-corrected chi connectivity index (χ3v) is 4.53. The molecule has 2 heterocycles. The lowest BCUT2D eigenvalue weighted by molar-refractivity contribution is 0.165. The summed E-state index contributed by atoms with van der Waals surface area (Å²) in [7, 11) is 1.65. The van der Waals surface area contributed by atoms with Gasteiger partial charge in [0, 0.05) is 17.5 Å². The fourth-order valence-corrected chi connectivity index (χ4v) is 3.10. The fraction of sp³-hybridized carbons (Fsp3) is 0.375. The summed E-state index contributed by atoms with van der Waals surface area (Å²) in [5.41, 5.74) is 1.12. The maximum Gasteiger partial charge on any atom is 0.203 e. The van der Waals surface area contributed by atoms with Crippen LogP contribution in [-0.4, -0.2) is 20.3 Å². The number of benzene rings is 1. The highest BCUT2D eigenvalue weighted by atomic mass is 32.1. The van der Waals surface area contributed by atoms with Crippen LogP contribution in [0.1, 0.15) is 23.4 Å². The third kappa shape index (κ3) is 3.14. The molecule has 5 heteroatoms. The summed E-state index contributed by atoms with van der Waals surface area (Å²) in [5.74, 6) is 2.20. The summed E-state index contributed by atoms with van der Waals surface area (Å²) in [5, 5.41) is 5.62. The van der Waals surface area contributed by atoms with Gasteiger partial charge in [0.2, 0.25) is 5.75 Å². The summed E-state index contributed by atoms with van der Waals surface area (Å²) in [6.07, 6.45) is 0. The summed E-state index contributed by atoms with van der Waals surface area (Å²) in [6, 6.07) is 8.56. The molecule has 0 saturated carbocycles. The normalized spacial score (nSPS) is 14.8. The van der Waals surface area contributed by atoms with E-state index >= 15 is 0 Å². The third-order valence-electron chi connectivity index (χ3n) is 3.47. The summed E-state index contributed by atoms with van der Waals surface area (Å²) < 4.78 is 16.7. The van der Waals surface area contributed by atoms with Gasteiger partial charge in [-0.15, -0.1) is 11.3 Å². The van der Waals surface area contributed by atoms with Crippen LogP contribution in [-0.2, 0) is 6.54 Å². The Morgan fingerprint density at radius 2 is 2.19 bits per heavy atom. The number of methoxy groups -OCH3 is 1. The summed E-state index contributed by atoms with van der Waals surface area (Å²) in [6.45, 7) is 4.07. The van der Waals surface area contributed by atoms with Gasteiger partial charge in [0.25, 0.3) is 0 Å². The van der Waals surface area contributed by atoms with E-state index in [0.29, 0.717) is 25.0 Å². The van der Waals surface area contributed by atoms with Gasteiger partial charge in [-0.05, 0) is 36.1 Å². The number of rotatable bonds is 5. The molecule has 1 N–H and O–H groups in total. The fourth-order valence-electron chi connectivity index (χ4n) is 2.34. The zero-order chi connectivity index (χ0) is 14.7. The molecule has 0 saturated heterocycles. The van der Waals surface area contributed by atoms with E-state index in [4.69, 9.17) is 14.2 Å². The first-order chi connectivity index (χ1) is 10.3. The van der Waals surface area contributed by atoms with E-state index in [-0.39, 0.29) is 0 Å². The molecule has 0 aliphatic carbocycles. The summed E-state index contributed by atoms with van der Waals surface area (Å²) in [4.78, 5) is 1.33. The summed E-state index contributed by atoms with van der Waals surface area (Å²) >= 11 is 1.76. The zero-order valence-electron chi connectivity index (χ0n) is 12.2. The van der Waals surface area contributed by atoms with E-state index in [1.165, 1.54) is 4.88 Å². The van der Waals surface area contributed by atoms with E-state index in [2.05, 4.69) is 29.8 Å². The predicted octanol–water partition coefficient (Wildman–Crippen LogP) is 3.38. The molecule has 0 radical (unpaired) electrons. The van der Waals surface area contributed by atoms with Crippen molar-refractivity contribution in [2.24, 2.45) is 0 Å². The Kier molecular flexibility index (Phi) is 4.31. The topological polar surface area (TPSA) is 39.7 Å². The average molecular weight is 305 g/mol. The van der Waals surface area contributed by atoms with Gasteiger partial charge in [0.05, 0.1) is 7.11 Å². The molecule has 1 aliphatic rings. The Labute approximate surface area is 128 Å². The number of fused-ring (bicyclic) bond motifs is 1. The maximum absolute atomic E-state index is 5.65. The van der Waals surface area contributed by atoms with Crippen molar-refractivity contribution in [3.63, 3.8) is 0 Å². The minimum atomic E-state index is 0.323. The van der Waals surface area contributed by atoms with Crippen molar-refractivity contribution in [2.45, 2.75) is 19.5 Å². The number of ether oxygens (including phenoxy) is 3. The molecule has 2 aromatic rings. The van der Waals surface area contributed by atoms with Crippen molar-refractivity contribution >= 4 is 11.3 Å². The van der Waals surface area contributed by atoms with Gasteiger partial charge in [-0.25, -0.2) is 0 Å². The second kappa shape index (κ2) is 6.37. The molecule has 1 aromatic carbocycles. The zero-order valence-corrected chi connectivity index (χ0v) is 13.0. The first-order valence-electron chi connectivity index (χ1n) is 7.01. The van der Waals surface area contributed by atoms with Crippen LogP contribution in [0.15, 0.2) is 29.6 Å². The highest BCUT2D eigenvalue weighted by Gasteiger charge is 2.18. The minimum Gasteiger partial charge on any atom is -0.493 e. The average Bonchev–Trinajstić information content (AvgIpc) is 3.06. The number of hydrogen-bond acceptors (Lipinski definition) is 5. The number of thiophene rings is 1. The highest BCUT2D eigenvalue weighted by molar-refractivity contribution is 7.10. The van der Waals surface area contributed by atoms with Crippen molar-refractivity contribution < 1.29 is 14.2 Å². The molecule has 1 aliphatic heterocycles. The lowest BCUT2D eigenvalue weighted by atomic mass is 10.1. The Bertz CT molecular complexity index is 581. The van der Waals surface area contributed by atoms with E-state index in [1.807, 2.05) is 12.1 Å². The van der Waals surface area contributed by atoms with E-state index in [1.54, 1.807) is 18.4 Å². The molecular weight excluding hydrogens is 286 g/mol. The molecule has 0 spiro atoms. The van der Waals surface area contributed by atoms with Gasteiger partial charge in [0.1, 0.15) is 13.2 Å². The molecule has 1 atom stereocenters. The SMILES string of the molecule is COc1cc(CN[C@H](C)c2cccs2)cc2c1OCCO2. The van der Waals surface area contributed by atoms with E-state index in [9.17, 15) is 0 Å². The van der Waals surface area contributed by atoms with Gasteiger partial charge < -0.3 is 19.5 Å². The van der Waals surface area contributed by atoms with Gasteiger partial charge in [-0.1, -0.05) is 6.07 Å². The lowest BCUT2D eigenvalue weighted by Crippen LogP contribution is -2.19. The van der Waals surface area contributed by atoms with Crippen molar-refractivity contribution in [3.8, 4) is 17.2 Å². The Balaban J connectivity index is 1.73. The molecule has 0 fully saturated rings. The van der Waals surface area contributed by atoms with Crippen LogP contribution < -0.4 is 19.5 Å². The lowest BCUT2D eigenvalue weighted by Gasteiger charge is -2.22. The molecule has 4 nitrogen and oxygen atoms in total. The molecule has 112 valence electrons. The predicted molar refractivity (Wildman–Crippen MR) is 83.6 cm³/mol. The molecule has 0 amide bonds. The minimum absolute atomic E-state index is 0.323. The Morgan fingerprint density at radius 1 is 1.33 bits per heavy atom. The quantitative estimate of drug-likeness (QED) is 0.919. The van der Waals surface area contributed by atoms with Crippen molar-refractivity contribution in [2.75, 3.05) is 20.3 Å². The first kappa shape index (κ1) is 14.2. The molecule has 0 bridgehead atoms. The van der Waals surface area contributed by atoms with Crippen LogP contribution in [0.25, 0.3) is 0 Å². The van der Waals surface area contributed by atoms with Crippen LogP contribution in [0.4, 0.5) is 0 Å². The molecule has 1 aromatic heterocycles. The van der Waals surface area contributed by atoms with Crippen LogP contribution in [0, 0.1) is 0 Å². The van der Waals surface area contributed by atoms with Crippen molar-refractivity contribution in [3.05, 3.63) is 40.1 Å². The first-order valence-corrected chi connectivity index (χ1v) is 7.89. The molecule has 0 unspecified atom stereocenters. The Hall–Kier alpha value is -1.72. The molecule has 3 rings (SSSR count). The van der Waals surface area contributed by atoms with Crippen LogP contribution in [0.2, 0.25) is 0 Å². The monoisotopic (exact) mass is 305 g/mol. The van der Waals surface area contributed by atoms with Crippen molar-refractivity contribution in [1.29, 1.82) is 0 Å². The van der Waals surface area contributed by atoms with Gasteiger partial charge >= 0.3 is 0 Å². The van der Waals surface area contributed by atoms with Gasteiger partial charge in [-0.3, -0.25) is 0 Å². The highest BCUT2D eigenvalue weighted by Crippen LogP contribution is 2.40. The molecular formula is C16H19NO3S. The van der Waals surface area contributed by atoms with Gasteiger partial charge in [0.15, 0.2) is 11.5 Å². The number of hydrogen-bond donors (Lipinski definition) is 1. The van der Waals surface area contributed by atoms with Gasteiger partial charge in [-0.2, -0.15) is 0 Å². The largest absolute Gasteiger partial charge is 0.493 e. The second-order valence-corrected chi connectivity index (χ2v) is 5.92. The second-order valence-electron chi connectivity index (χ2n) is 4.94. The smallest absolute Gasteiger partial charge is 0.203 e. The Morgan fingerprint density at radius 3 is 2.95 bits per heavy atom. The van der Waals surface area contributed by atoms with E-state index in [0.717, 1.165) is 23.6 Å². The molecule has 21 heavy (non-hydrogen) atoms. The van der Waals surface area contributed by atoms with Crippen LogP contribution in [0.5, 0.6) is 17.2 Å². The van der Waals surface area contributed by atoms with Crippen LogP contribution in [0.3, 0.4) is 0 Å². The number of nitrogens with one attached hydrogen (secondary N) is 1.